The molecule has 1 N–H and O–H groups in total. The lowest BCUT2D eigenvalue weighted by molar-refractivity contribution is -0.142. The number of ether oxygens (including phenoxy) is 1. The third-order valence-corrected chi connectivity index (χ3v) is 4.63. The number of carboxylic acid groups (broad SMARTS) is 1. The number of nitrogens with zero attached hydrogens (tertiary/aromatic N) is 1. The van der Waals surface area contributed by atoms with Gasteiger partial charge in [0.15, 0.2) is 0 Å². The monoisotopic (exact) mass is 285 g/mol. The molecule has 0 aromatic carbocycles. The first-order valence-corrected chi connectivity index (χ1v) is 7.14. The van der Waals surface area contributed by atoms with Gasteiger partial charge in [-0.15, -0.1) is 0 Å². The number of methoxy groups -OCH3 is 1. The lowest BCUT2D eigenvalue weighted by atomic mass is 9.58. The van der Waals surface area contributed by atoms with Gasteiger partial charge in [-0.2, -0.15) is 0 Å². The second-order valence-corrected chi connectivity index (χ2v) is 5.80. The molecule has 1 aromatic heterocycles. The van der Waals surface area contributed by atoms with Crippen LogP contribution >= 0.6 is 0 Å². The zero-order chi connectivity index (χ0) is 15.2. The van der Waals surface area contributed by atoms with E-state index in [1.54, 1.807) is 13.2 Å². The van der Waals surface area contributed by atoms with Crippen molar-refractivity contribution in [1.82, 2.24) is 4.98 Å². The molecular formula is C17H19NO3. The first-order valence-electron chi connectivity index (χ1n) is 7.14. The number of fused-ring (bicyclic) bond motifs is 4. The fourth-order valence-corrected chi connectivity index (χ4v) is 3.87. The van der Waals surface area contributed by atoms with Crippen LogP contribution in [0.2, 0.25) is 0 Å². The molecule has 110 valence electrons. The Hall–Kier alpha value is -2.10. The molecule has 2 aliphatic rings. The lowest BCUT2D eigenvalue weighted by Gasteiger charge is -2.44. The van der Waals surface area contributed by atoms with Gasteiger partial charge in [0.2, 0.25) is 5.88 Å². The average Bonchev–Trinajstić information content (AvgIpc) is 2.45. The molecule has 3 rings (SSSR count). The van der Waals surface area contributed by atoms with E-state index in [0.29, 0.717) is 12.3 Å². The van der Waals surface area contributed by atoms with Gasteiger partial charge < -0.3 is 9.84 Å². The van der Waals surface area contributed by atoms with Gasteiger partial charge in [-0.25, -0.2) is 4.98 Å². The third kappa shape index (κ3) is 1.82. The van der Waals surface area contributed by atoms with Crippen LogP contribution in [0.25, 0.3) is 0 Å². The highest BCUT2D eigenvalue weighted by Gasteiger charge is 2.52. The molecule has 4 heteroatoms. The van der Waals surface area contributed by atoms with E-state index >= 15 is 0 Å². The Morgan fingerprint density at radius 3 is 2.90 bits per heavy atom. The van der Waals surface area contributed by atoms with Gasteiger partial charge in [-0.05, 0) is 31.4 Å². The van der Waals surface area contributed by atoms with Crippen molar-refractivity contribution in [3.05, 3.63) is 46.7 Å². The number of allylic oxidation sites excluding steroid dienone is 3. The minimum absolute atomic E-state index is 0.118. The summed E-state index contributed by atoms with van der Waals surface area (Å²) in [5, 5.41) is 10.0. The largest absolute Gasteiger partial charge is 0.481 e. The summed E-state index contributed by atoms with van der Waals surface area (Å²) in [6, 6.07) is 3.62. The molecule has 1 unspecified atom stereocenters. The Bertz CT molecular complexity index is 675. The number of pyridine rings is 1. The SMILES string of the molecule is CC=C1C2C=C(C)C[C@]1(C(=O)O)c1ccc(OC)nc1C2. The Morgan fingerprint density at radius 1 is 1.52 bits per heavy atom. The number of carboxylic acids is 1. The topological polar surface area (TPSA) is 59.4 Å². The summed E-state index contributed by atoms with van der Waals surface area (Å²) in [6.45, 7) is 3.94. The molecule has 0 spiro atoms. The van der Waals surface area contributed by atoms with Gasteiger partial charge in [0.25, 0.3) is 0 Å². The highest BCUT2D eigenvalue weighted by molar-refractivity contribution is 5.88. The third-order valence-electron chi connectivity index (χ3n) is 4.63. The van der Waals surface area contributed by atoms with E-state index in [9.17, 15) is 9.90 Å². The van der Waals surface area contributed by atoms with Crippen molar-refractivity contribution in [3.8, 4) is 5.88 Å². The van der Waals surface area contributed by atoms with Crippen LogP contribution in [-0.2, 0) is 16.6 Å². The summed E-state index contributed by atoms with van der Waals surface area (Å²) in [7, 11) is 1.58. The van der Waals surface area contributed by atoms with Gasteiger partial charge in [0, 0.05) is 18.4 Å². The van der Waals surface area contributed by atoms with E-state index in [2.05, 4.69) is 11.1 Å². The maximum Gasteiger partial charge on any atom is 0.318 e. The lowest BCUT2D eigenvalue weighted by Crippen LogP contribution is -2.46. The van der Waals surface area contributed by atoms with Crippen LogP contribution in [0.15, 0.2) is 35.4 Å². The van der Waals surface area contributed by atoms with Gasteiger partial charge in [0.1, 0.15) is 5.41 Å². The van der Waals surface area contributed by atoms with Gasteiger partial charge in [-0.1, -0.05) is 23.8 Å². The second kappa shape index (κ2) is 4.72. The van der Waals surface area contributed by atoms with Crippen LogP contribution in [-0.4, -0.2) is 23.2 Å². The van der Waals surface area contributed by atoms with Crippen LogP contribution in [0.5, 0.6) is 5.88 Å². The summed E-state index contributed by atoms with van der Waals surface area (Å²) in [5.41, 5.74) is 2.81. The predicted octanol–water partition coefficient (Wildman–Crippen LogP) is 2.88. The molecule has 21 heavy (non-hydrogen) atoms. The molecule has 1 heterocycles. The molecule has 0 saturated heterocycles. The minimum atomic E-state index is -0.967. The summed E-state index contributed by atoms with van der Waals surface area (Å²) in [4.78, 5) is 16.7. The molecule has 2 aliphatic carbocycles. The smallest absolute Gasteiger partial charge is 0.318 e. The summed E-state index contributed by atoms with van der Waals surface area (Å²) >= 11 is 0. The second-order valence-electron chi connectivity index (χ2n) is 5.80. The maximum absolute atomic E-state index is 12.2. The maximum atomic E-state index is 12.2. The number of hydrogen-bond donors (Lipinski definition) is 1. The number of aromatic nitrogens is 1. The zero-order valence-electron chi connectivity index (χ0n) is 12.5. The van der Waals surface area contributed by atoms with Crippen molar-refractivity contribution in [2.75, 3.05) is 7.11 Å². The van der Waals surface area contributed by atoms with E-state index in [1.807, 2.05) is 26.0 Å². The molecule has 0 aliphatic heterocycles. The van der Waals surface area contributed by atoms with Gasteiger partial charge in [0.05, 0.1) is 12.8 Å². The standard InChI is InChI=1S/C17H19NO3/c1-4-12-11-7-10(2)9-17(12,16(19)20)13-5-6-15(21-3)18-14(13)8-11/h4-7,11H,8-9H2,1-3H3,(H,19,20)/t11?,17-/m1/s1. The Balaban J connectivity index is 2.30. The molecule has 0 radical (unpaired) electrons. The zero-order valence-corrected chi connectivity index (χ0v) is 12.5. The fraction of sp³-hybridized carbons (Fsp3) is 0.412. The van der Waals surface area contributed by atoms with Crippen LogP contribution in [0.3, 0.4) is 0 Å². The highest BCUT2D eigenvalue weighted by Crippen LogP contribution is 2.51. The van der Waals surface area contributed by atoms with E-state index in [-0.39, 0.29) is 5.92 Å². The van der Waals surface area contributed by atoms with Crippen LogP contribution in [0.1, 0.15) is 31.5 Å². The van der Waals surface area contributed by atoms with E-state index < -0.39 is 11.4 Å². The van der Waals surface area contributed by atoms with Gasteiger partial charge >= 0.3 is 5.97 Å². The quantitative estimate of drug-likeness (QED) is 0.849. The molecule has 0 amide bonds. The van der Waals surface area contributed by atoms with E-state index in [0.717, 1.165) is 28.8 Å². The Kier molecular flexibility index (Phi) is 3.12. The molecular weight excluding hydrogens is 266 g/mol. The Morgan fingerprint density at radius 2 is 2.29 bits per heavy atom. The van der Waals surface area contributed by atoms with Crippen molar-refractivity contribution in [2.24, 2.45) is 5.92 Å². The molecule has 2 bridgehead atoms. The molecule has 0 fully saturated rings. The van der Waals surface area contributed by atoms with Crippen molar-refractivity contribution in [3.63, 3.8) is 0 Å². The van der Waals surface area contributed by atoms with Crippen molar-refractivity contribution in [1.29, 1.82) is 0 Å². The summed E-state index contributed by atoms with van der Waals surface area (Å²) in [6.07, 6.45) is 5.40. The molecule has 1 aromatic rings. The van der Waals surface area contributed by atoms with E-state index in [1.165, 1.54) is 0 Å². The van der Waals surface area contributed by atoms with Crippen molar-refractivity contribution in [2.45, 2.75) is 32.1 Å². The first kappa shape index (κ1) is 13.9. The number of carbonyl (C=O) groups is 1. The van der Waals surface area contributed by atoms with Crippen molar-refractivity contribution >= 4 is 5.97 Å². The van der Waals surface area contributed by atoms with Crippen molar-refractivity contribution < 1.29 is 14.6 Å². The molecule has 2 atom stereocenters. The van der Waals surface area contributed by atoms with Crippen LogP contribution < -0.4 is 4.74 Å². The fourth-order valence-electron chi connectivity index (χ4n) is 3.87. The summed E-state index contributed by atoms with van der Waals surface area (Å²) in [5.74, 6) is -0.134. The number of aliphatic carboxylic acids is 1. The normalized spacial score (nSPS) is 28.8. The minimum Gasteiger partial charge on any atom is -0.481 e. The number of rotatable bonds is 2. The molecule has 4 nitrogen and oxygen atoms in total. The Labute approximate surface area is 124 Å². The highest BCUT2D eigenvalue weighted by atomic mass is 16.5. The number of hydrogen-bond acceptors (Lipinski definition) is 3. The van der Waals surface area contributed by atoms with Crippen LogP contribution in [0, 0.1) is 5.92 Å². The predicted molar refractivity (Wildman–Crippen MR) is 79.4 cm³/mol. The van der Waals surface area contributed by atoms with Crippen LogP contribution in [0.4, 0.5) is 0 Å². The van der Waals surface area contributed by atoms with E-state index in [4.69, 9.17) is 4.74 Å². The average molecular weight is 285 g/mol. The van der Waals surface area contributed by atoms with Gasteiger partial charge in [-0.3, -0.25) is 4.79 Å². The first-order chi connectivity index (χ1) is 10.0. The molecule has 0 saturated carbocycles. The summed E-state index contributed by atoms with van der Waals surface area (Å²) < 4.78 is 5.18.